The summed E-state index contributed by atoms with van der Waals surface area (Å²) in [5, 5.41) is 8.15. The minimum Gasteiger partial charge on any atom is -0.286 e. The summed E-state index contributed by atoms with van der Waals surface area (Å²) < 4.78 is 29.2. The van der Waals surface area contributed by atoms with Crippen molar-refractivity contribution in [1.29, 1.82) is 0 Å². The van der Waals surface area contributed by atoms with E-state index in [0.717, 1.165) is 17.0 Å². The molecule has 0 bridgehead atoms. The average molecular weight is 344 g/mol. The molecule has 1 aromatic carbocycles. The Morgan fingerprint density at radius 3 is 2.54 bits per heavy atom. The van der Waals surface area contributed by atoms with E-state index in [4.69, 9.17) is 0 Å². The SMILES string of the molecule is CC(C)c1ccc(S(=O)(=O)NCCc2nnc3ccccn23)cc1. The topological polar surface area (TPSA) is 76.4 Å². The van der Waals surface area contributed by atoms with Crippen LogP contribution in [0.25, 0.3) is 5.65 Å². The van der Waals surface area contributed by atoms with Gasteiger partial charge in [-0.05, 0) is 35.7 Å². The summed E-state index contributed by atoms with van der Waals surface area (Å²) in [7, 11) is -3.52. The van der Waals surface area contributed by atoms with Crippen molar-refractivity contribution >= 4 is 15.7 Å². The van der Waals surface area contributed by atoms with Crippen molar-refractivity contribution in [3.05, 3.63) is 60.0 Å². The highest BCUT2D eigenvalue weighted by Gasteiger charge is 2.14. The number of hydrogen-bond acceptors (Lipinski definition) is 4. The van der Waals surface area contributed by atoms with Gasteiger partial charge in [-0.25, -0.2) is 13.1 Å². The number of nitrogens with one attached hydrogen (secondary N) is 1. The van der Waals surface area contributed by atoms with Crippen LogP contribution in [0.3, 0.4) is 0 Å². The predicted molar refractivity (Wildman–Crippen MR) is 92.4 cm³/mol. The second-order valence-electron chi connectivity index (χ2n) is 5.92. The molecule has 0 aliphatic heterocycles. The maximum atomic E-state index is 12.4. The van der Waals surface area contributed by atoms with Crippen molar-refractivity contribution in [1.82, 2.24) is 19.3 Å². The van der Waals surface area contributed by atoms with E-state index in [1.807, 2.05) is 40.9 Å². The maximum absolute atomic E-state index is 12.4. The highest BCUT2D eigenvalue weighted by molar-refractivity contribution is 7.89. The predicted octanol–water partition coefficient (Wildman–Crippen LogP) is 2.37. The summed E-state index contributed by atoms with van der Waals surface area (Å²) in [6, 6.07) is 12.6. The Hall–Kier alpha value is -2.25. The van der Waals surface area contributed by atoms with Crippen LogP contribution in [0.4, 0.5) is 0 Å². The molecule has 0 aliphatic carbocycles. The van der Waals surface area contributed by atoms with Gasteiger partial charge >= 0.3 is 0 Å². The molecule has 7 heteroatoms. The van der Waals surface area contributed by atoms with Crippen molar-refractivity contribution in [2.75, 3.05) is 6.54 Å². The molecule has 0 atom stereocenters. The normalized spacial score (nSPS) is 12.1. The molecule has 0 unspecified atom stereocenters. The van der Waals surface area contributed by atoms with Gasteiger partial charge in [0, 0.05) is 19.2 Å². The summed E-state index contributed by atoms with van der Waals surface area (Å²) in [5.41, 5.74) is 1.86. The van der Waals surface area contributed by atoms with Gasteiger partial charge in [0.2, 0.25) is 10.0 Å². The van der Waals surface area contributed by atoms with Crippen LogP contribution in [0.15, 0.2) is 53.6 Å². The zero-order valence-electron chi connectivity index (χ0n) is 13.7. The molecular formula is C17H20N4O2S. The fraction of sp³-hybridized carbons (Fsp3) is 0.294. The Morgan fingerprint density at radius 1 is 1.08 bits per heavy atom. The number of aromatic nitrogens is 3. The van der Waals surface area contributed by atoms with Crippen LogP contribution in [0.1, 0.15) is 31.2 Å². The van der Waals surface area contributed by atoms with Gasteiger partial charge in [-0.15, -0.1) is 10.2 Å². The Kier molecular flexibility index (Phi) is 4.64. The van der Waals surface area contributed by atoms with Crippen molar-refractivity contribution in [3.8, 4) is 0 Å². The molecule has 0 aliphatic rings. The van der Waals surface area contributed by atoms with E-state index in [0.29, 0.717) is 12.3 Å². The fourth-order valence-corrected chi connectivity index (χ4v) is 3.51. The molecule has 0 saturated heterocycles. The summed E-state index contributed by atoms with van der Waals surface area (Å²) in [6.07, 6.45) is 2.33. The monoisotopic (exact) mass is 344 g/mol. The van der Waals surface area contributed by atoms with Crippen LogP contribution in [-0.4, -0.2) is 29.6 Å². The number of sulfonamides is 1. The lowest BCUT2D eigenvalue weighted by atomic mass is 10.0. The summed E-state index contributed by atoms with van der Waals surface area (Å²) in [5.74, 6) is 1.10. The second-order valence-corrected chi connectivity index (χ2v) is 7.68. The average Bonchev–Trinajstić information content (AvgIpc) is 2.98. The van der Waals surface area contributed by atoms with E-state index in [-0.39, 0.29) is 11.4 Å². The number of rotatable bonds is 6. The van der Waals surface area contributed by atoms with Gasteiger partial charge in [0.1, 0.15) is 5.82 Å². The molecule has 0 saturated carbocycles. The van der Waals surface area contributed by atoms with Gasteiger partial charge in [-0.3, -0.25) is 4.40 Å². The third-order valence-corrected chi connectivity index (χ3v) is 5.36. The number of hydrogen-bond donors (Lipinski definition) is 1. The lowest BCUT2D eigenvalue weighted by Crippen LogP contribution is -2.26. The molecule has 6 nitrogen and oxygen atoms in total. The molecule has 0 radical (unpaired) electrons. The van der Waals surface area contributed by atoms with Crippen molar-refractivity contribution in [2.45, 2.75) is 31.1 Å². The fourth-order valence-electron chi connectivity index (χ4n) is 2.47. The zero-order valence-corrected chi connectivity index (χ0v) is 14.5. The Balaban J connectivity index is 1.67. The van der Waals surface area contributed by atoms with E-state index in [1.54, 1.807) is 12.1 Å². The molecule has 0 fully saturated rings. The van der Waals surface area contributed by atoms with E-state index >= 15 is 0 Å². The molecule has 126 valence electrons. The number of benzene rings is 1. The summed E-state index contributed by atoms with van der Waals surface area (Å²) in [4.78, 5) is 0.276. The molecule has 2 aromatic heterocycles. The first-order valence-corrected chi connectivity index (χ1v) is 9.34. The van der Waals surface area contributed by atoms with Crippen molar-refractivity contribution < 1.29 is 8.42 Å². The zero-order chi connectivity index (χ0) is 17.2. The lowest BCUT2D eigenvalue weighted by molar-refractivity contribution is 0.580. The van der Waals surface area contributed by atoms with Crippen LogP contribution < -0.4 is 4.72 Å². The molecule has 0 spiro atoms. The first-order chi connectivity index (χ1) is 11.5. The van der Waals surface area contributed by atoms with Gasteiger partial charge in [0.25, 0.3) is 0 Å². The smallest absolute Gasteiger partial charge is 0.240 e. The van der Waals surface area contributed by atoms with Crippen LogP contribution in [0.5, 0.6) is 0 Å². The molecule has 2 heterocycles. The lowest BCUT2D eigenvalue weighted by Gasteiger charge is -2.09. The third-order valence-electron chi connectivity index (χ3n) is 3.88. The maximum Gasteiger partial charge on any atom is 0.240 e. The van der Waals surface area contributed by atoms with Gasteiger partial charge in [0.05, 0.1) is 4.90 Å². The number of pyridine rings is 1. The van der Waals surface area contributed by atoms with Gasteiger partial charge in [-0.2, -0.15) is 0 Å². The van der Waals surface area contributed by atoms with E-state index in [9.17, 15) is 8.42 Å². The van der Waals surface area contributed by atoms with Gasteiger partial charge < -0.3 is 0 Å². The van der Waals surface area contributed by atoms with Gasteiger partial charge in [0.15, 0.2) is 5.65 Å². The van der Waals surface area contributed by atoms with Crippen LogP contribution in [-0.2, 0) is 16.4 Å². The molecular weight excluding hydrogens is 324 g/mol. The van der Waals surface area contributed by atoms with Crippen molar-refractivity contribution in [3.63, 3.8) is 0 Å². The molecule has 3 rings (SSSR count). The molecule has 3 aromatic rings. The first kappa shape index (κ1) is 16.6. The Morgan fingerprint density at radius 2 is 1.83 bits per heavy atom. The quantitative estimate of drug-likeness (QED) is 0.745. The van der Waals surface area contributed by atoms with E-state index in [2.05, 4.69) is 28.8 Å². The molecule has 24 heavy (non-hydrogen) atoms. The van der Waals surface area contributed by atoms with E-state index in [1.165, 1.54) is 0 Å². The minimum absolute atomic E-state index is 0.268. The number of nitrogens with zero attached hydrogens (tertiary/aromatic N) is 3. The summed E-state index contributed by atoms with van der Waals surface area (Å²) in [6.45, 7) is 4.42. The standard InChI is InChI=1S/C17H20N4O2S/c1-13(2)14-6-8-15(9-7-14)24(22,23)18-11-10-17-20-19-16-5-3-4-12-21(16)17/h3-9,12-13,18H,10-11H2,1-2H3. The van der Waals surface area contributed by atoms with Crippen LogP contribution in [0, 0.1) is 0 Å². The number of fused-ring (bicyclic) bond motifs is 1. The Labute approximate surface area is 141 Å². The Bertz CT molecular complexity index is 931. The highest BCUT2D eigenvalue weighted by atomic mass is 32.2. The largest absolute Gasteiger partial charge is 0.286 e. The molecule has 0 amide bonds. The third kappa shape index (κ3) is 3.47. The van der Waals surface area contributed by atoms with Gasteiger partial charge in [-0.1, -0.05) is 32.0 Å². The minimum atomic E-state index is -3.52. The first-order valence-electron chi connectivity index (χ1n) is 7.85. The van der Waals surface area contributed by atoms with Crippen molar-refractivity contribution in [2.24, 2.45) is 0 Å². The molecule has 1 N–H and O–H groups in total. The second kappa shape index (κ2) is 6.70. The highest BCUT2D eigenvalue weighted by Crippen LogP contribution is 2.17. The van der Waals surface area contributed by atoms with Crippen LogP contribution in [0.2, 0.25) is 0 Å². The summed E-state index contributed by atoms with van der Waals surface area (Å²) >= 11 is 0. The van der Waals surface area contributed by atoms with Crippen LogP contribution >= 0.6 is 0 Å². The van der Waals surface area contributed by atoms with E-state index < -0.39 is 10.0 Å².